The van der Waals surface area contributed by atoms with Gasteiger partial charge in [-0.1, -0.05) is 38.1 Å². The van der Waals surface area contributed by atoms with Crippen molar-refractivity contribution < 1.29 is 0 Å². The summed E-state index contributed by atoms with van der Waals surface area (Å²) in [6, 6.07) is 10.3. The van der Waals surface area contributed by atoms with Gasteiger partial charge in [0, 0.05) is 18.6 Å². The van der Waals surface area contributed by atoms with Crippen LogP contribution in [0.15, 0.2) is 24.3 Å². The van der Waals surface area contributed by atoms with E-state index < -0.39 is 0 Å². The first kappa shape index (κ1) is 15.5. The molecule has 2 heteroatoms. The van der Waals surface area contributed by atoms with Gasteiger partial charge in [0.05, 0.1) is 0 Å². The Kier molecular flexibility index (Phi) is 5.62. The van der Waals surface area contributed by atoms with Gasteiger partial charge in [0.2, 0.25) is 0 Å². The number of benzene rings is 1. The van der Waals surface area contributed by atoms with E-state index in [1.54, 1.807) is 0 Å². The highest BCUT2D eigenvalue weighted by Gasteiger charge is 2.21. The predicted molar refractivity (Wildman–Crippen MR) is 86.7 cm³/mol. The van der Waals surface area contributed by atoms with Crippen molar-refractivity contribution in [3.05, 3.63) is 35.4 Å². The molecule has 1 aromatic carbocycles. The van der Waals surface area contributed by atoms with Gasteiger partial charge in [-0.05, 0) is 56.2 Å². The Balaban J connectivity index is 1.86. The first-order valence-corrected chi connectivity index (χ1v) is 8.08. The monoisotopic (exact) mass is 274 g/mol. The van der Waals surface area contributed by atoms with Crippen LogP contribution in [-0.2, 0) is 13.0 Å². The van der Waals surface area contributed by atoms with Gasteiger partial charge in [0.25, 0.3) is 0 Å². The maximum Gasteiger partial charge on any atom is 0.0233 e. The van der Waals surface area contributed by atoms with Crippen LogP contribution in [0, 0.1) is 5.92 Å². The van der Waals surface area contributed by atoms with Crippen molar-refractivity contribution in [3.63, 3.8) is 0 Å². The first-order valence-electron chi connectivity index (χ1n) is 8.08. The summed E-state index contributed by atoms with van der Waals surface area (Å²) in [5.74, 6) is 0.731. The van der Waals surface area contributed by atoms with Gasteiger partial charge in [0.1, 0.15) is 0 Å². The summed E-state index contributed by atoms with van der Waals surface area (Å²) in [4.78, 5) is 2.50. The molecule has 112 valence electrons. The molecule has 1 aromatic rings. The Bertz CT molecular complexity index is 388. The number of nitrogens with two attached hydrogens (primary N) is 1. The zero-order valence-electron chi connectivity index (χ0n) is 13.3. The second kappa shape index (κ2) is 7.24. The summed E-state index contributed by atoms with van der Waals surface area (Å²) >= 11 is 0. The third kappa shape index (κ3) is 4.60. The van der Waals surface area contributed by atoms with Crippen molar-refractivity contribution in [1.82, 2.24) is 4.90 Å². The van der Waals surface area contributed by atoms with Crippen molar-refractivity contribution in [2.75, 3.05) is 7.05 Å². The molecular formula is C18H30N2. The maximum absolute atomic E-state index is 5.99. The Morgan fingerprint density at radius 3 is 2.15 bits per heavy atom. The molecule has 0 atom stereocenters. The lowest BCUT2D eigenvalue weighted by Gasteiger charge is -2.33. The van der Waals surface area contributed by atoms with Crippen molar-refractivity contribution >= 4 is 0 Å². The average Bonchev–Trinajstić information content (AvgIpc) is 2.41. The van der Waals surface area contributed by atoms with Crippen LogP contribution in [0.25, 0.3) is 0 Å². The molecule has 0 heterocycles. The average molecular weight is 274 g/mol. The van der Waals surface area contributed by atoms with Crippen molar-refractivity contribution in [2.45, 2.75) is 64.6 Å². The SMILES string of the molecule is CC(C)Cc1ccc(CN(C)C2CCC(N)CC2)cc1. The van der Waals surface area contributed by atoms with Crippen LogP contribution < -0.4 is 5.73 Å². The van der Waals surface area contributed by atoms with E-state index in [0.717, 1.165) is 12.5 Å². The van der Waals surface area contributed by atoms with E-state index in [0.29, 0.717) is 12.1 Å². The largest absolute Gasteiger partial charge is 0.328 e. The van der Waals surface area contributed by atoms with Crippen molar-refractivity contribution in [1.29, 1.82) is 0 Å². The molecular weight excluding hydrogens is 244 g/mol. The van der Waals surface area contributed by atoms with Gasteiger partial charge >= 0.3 is 0 Å². The molecule has 1 saturated carbocycles. The summed E-state index contributed by atoms with van der Waals surface area (Å²) in [5.41, 5.74) is 8.87. The van der Waals surface area contributed by atoms with E-state index in [1.807, 2.05) is 0 Å². The smallest absolute Gasteiger partial charge is 0.0233 e. The van der Waals surface area contributed by atoms with E-state index in [2.05, 4.69) is 50.1 Å². The molecule has 0 unspecified atom stereocenters. The summed E-state index contributed by atoms with van der Waals surface area (Å²) in [7, 11) is 2.25. The maximum atomic E-state index is 5.99. The van der Waals surface area contributed by atoms with Gasteiger partial charge in [-0.15, -0.1) is 0 Å². The van der Waals surface area contributed by atoms with Gasteiger partial charge in [-0.2, -0.15) is 0 Å². The molecule has 0 saturated heterocycles. The van der Waals surface area contributed by atoms with Crippen LogP contribution in [-0.4, -0.2) is 24.0 Å². The molecule has 0 bridgehead atoms. The van der Waals surface area contributed by atoms with Gasteiger partial charge in [0.15, 0.2) is 0 Å². The standard InChI is InChI=1S/C18H30N2/c1-14(2)12-15-4-6-16(7-5-15)13-20(3)18-10-8-17(19)9-11-18/h4-7,14,17-18H,8-13,19H2,1-3H3. The molecule has 1 fully saturated rings. The Labute approximate surface area is 124 Å². The summed E-state index contributed by atoms with van der Waals surface area (Å²) in [5, 5.41) is 0. The molecule has 2 rings (SSSR count). The summed E-state index contributed by atoms with van der Waals surface area (Å²) in [6.45, 7) is 5.60. The first-order chi connectivity index (χ1) is 9.54. The van der Waals surface area contributed by atoms with Crippen molar-refractivity contribution in [2.24, 2.45) is 11.7 Å². The molecule has 1 aliphatic rings. The molecule has 0 aliphatic heterocycles. The number of hydrogen-bond donors (Lipinski definition) is 1. The lowest BCUT2D eigenvalue weighted by atomic mass is 9.91. The lowest BCUT2D eigenvalue weighted by Crippen LogP contribution is -2.38. The predicted octanol–water partition coefficient (Wildman–Crippen LogP) is 3.59. The van der Waals surface area contributed by atoms with Gasteiger partial charge in [-0.3, -0.25) is 4.90 Å². The fraction of sp³-hybridized carbons (Fsp3) is 0.667. The van der Waals surface area contributed by atoms with E-state index >= 15 is 0 Å². The van der Waals surface area contributed by atoms with Crippen LogP contribution in [0.4, 0.5) is 0 Å². The van der Waals surface area contributed by atoms with Crippen LogP contribution >= 0.6 is 0 Å². The third-order valence-electron chi connectivity index (χ3n) is 4.46. The fourth-order valence-corrected chi connectivity index (χ4v) is 3.21. The second-order valence-electron chi connectivity index (χ2n) is 6.90. The van der Waals surface area contributed by atoms with E-state index in [4.69, 9.17) is 5.73 Å². The quantitative estimate of drug-likeness (QED) is 0.889. The van der Waals surface area contributed by atoms with E-state index in [-0.39, 0.29) is 0 Å². The van der Waals surface area contributed by atoms with Gasteiger partial charge < -0.3 is 5.73 Å². The van der Waals surface area contributed by atoms with E-state index in [1.165, 1.54) is 43.2 Å². The minimum Gasteiger partial charge on any atom is -0.328 e. The molecule has 2 N–H and O–H groups in total. The Hall–Kier alpha value is -0.860. The molecule has 2 nitrogen and oxygen atoms in total. The topological polar surface area (TPSA) is 29.3 Å². The molecule has 20 heavy (non-hydrogen) atoms. The minimum absolute atomic E-state index is 0.440. The highest BCUT2D eigenvalue weighted by Crippen LogP contribution is 2.22. The fourth-order valence-electron chi connectivity index (χ4n) is 3.21. The van der Waals surface area contributed by atoms with E-state index in [9.17, 15) is 0 Å². The van der Waals surface area contributed by atoms with Crippen molar-refractivity contribution in [3.8, 4) is 0 Å². The molecule has 0 aromatic heterocycles. The lowest BCUT2D eigenvalue weighted by molar-refractivity contribution is 0.176. The Morgan fingerprint density at radius 1 is 1.05 bits per heavy atom. The van der Waals surface area contributed by atoms with Crippen LogP contribution in [0.2, 0.25) is 0 Å². The summed E-state index contributed by atoms with van der Waals surface area (Å²) < 4.78 is 0. The van der Waals surface area contributed by atoms with Gasteiger partial charge in [-0.25, -0.2) is 0 Å². The zero-order valence-corrected chi connectivity index (χ0v) is 13.3. The van der Waals surface area contributed by atoms with Crippen LogP contribution in [0.1, 0.15) is 50.7 Å². The Morgan fingerprint density at radius 2 is 1.60 bits per heavy atom. The summed E-state index contributed by atoms with van der Waals surface area (Å²) in [6.07, 6.45) is 6.05. The van der Waals surface area contributed by atoms with Crippen LogP contribution in [0.3, 0.4) is 0 Å². The normalized spacial score (nSPS) is 23.5. The second-order valence-corrected chi connectivity index (χ2v) is 6.90. The molecule has 0 amide bonds. The minimum atomic E-state index is 0.440. The molecule has 1 aliphatic carbocycles. The highest BCUT2D eigenvalue weighted by molar-refractivity contribution is 5.22. The number of nitrogens with zero attached hydrogens (tertiary/aromatic N) is 1. The molecule has 0 spiro atoms. The zero-order chi connectivity index (χ0) is 14.5. The third-order valence-corrected chi connectivity index (χ3v) is 4.46. The highest BCUT2D eigenvalue weighted by atomic mass is 15.1. The number of rotatable bonds is 5. The number of hydrogen-bond acceptors (Lipinski definition) is 2. The molecule has 0 radical (unpaired) electrons. The van der Waals surface area contributed by atoms with Crippen LogP contribution in [0.5, 0.6) is 0 Å².